The molecule has 2 aromatic rings. The Bertz CT molecular complexity index is 1040. The van der Waals surface area contributed by atoms with E-state index in [0.29, 0.717) is 19.4 Å². The molecule has 1 aliphatic carbocycles. The van der Waals surface area contributed by atoms with Crippen LogP contribution in [0.2, 0.25) is 0 Å². The zero-order valence-corrected chi connectivity index (χ0v) is 19.7. The summed E-state index contributed by atoms with van der Waals surface area (Å²) in [5.41, 5.74) is 3.53. The topological polar surface area (TPSA) is 64.6 Å². The number of ketones is 1. The molecular formula is C28H33NO4. The zero-order chi connectivity index (χ0) is 23.4. The van der Waals surface area contributed by atoms with Crippen molar-refractivity contribution in [2.75, 3.05) is 6.61 Å². The van der Waals surface area contributed by atoms with E-state index in [1.54, 1.807) is 0 Å². The molecule has 2 aliphatic rings. The first-order valence-electron chi connectivity index (χ1n) is 12.0. The second kappa shape index (κ2) is 10.2. The summed E-state index contributed by atoms with van der Waals surface area (Å²) in [6.07, 6.45) is 3.48. The van der Waals surface area contributed by atoms with Gasteiger partial charge in [-0.05, 0) is 56.4 Å². The molecule has 0 radical (unpaired) electrons. The van der Waals surface area contributed by atoms with Crippen LogP contribution in [0.25, 0.3) is 0 Å². The SMILES string of the molecule is CCCCOc1ccccc1C1CC(=O)NC2=C1C(=O)CC(c1ccc(OC(C)C)cc1)C2. The van der Waals surface area contributed by atoms with Crippen LogP contribution in [0.4, 0.5) is 0 Å². The Morgan fingerprint density at radius 2 is 1.76 bits per heavy atom. The average Bonchev–Trinajstić information content (AvgIpc) is 2.79. The van der Waals surface area contributed by atoms with Gasteiger partial charge in [-0.25, -0.2) is 0 Å². The van der Waals surface area contributed by atoms with Crippen molar-refractivity contribution < 1.29 is 19.1 Å². The van der Waals surface area contributed by atoms with Crippen LogP contribution in [0.5, 0.6) is 11.5 Å². The van der Waals surface area contributed by atoms with Gasteiger partial charge in [0.1, 0.15) is 11.5 Å². The number of ether oxygens (including phenoxy) is 2. The molecule has 1 N–H and O–H groups in total. The van der Waals surface area contributed by atoms with E-state index >= 15 is 0 Å². The molecular weight excluding hydrogens is 414 g/mol. The number of hydrogen-bond acceptors (Lipinski definition) is 4. The summed E-state index contributed by atoms with van der Waals surface area (Å²) in [4.78, 5) is 26.1. The van der Waals surface area contributed by atoms with E-state index in [9.17, 15) is 9.59 Å². The molecule has 2 unspecified atom stereocenters. The molecule has 5 nitrogen and oxygen atoms in total. The molecule has 1 amide bonds. The minimum Gasteiger partial charge on any atom is -0.493 e. The normalized spacial score (nSPS) is 20.5. The fraction of sp³-hybridized carbons (Fsp3) is 0.429. The fourth-order valence-electron chi connectivity index (χ4n) is 4.78. The minimum atomic E-state index is -0.262. The highest BCUT2D eigenvalue weighted by atomic mass is 16.5. The maximum Gasteiger partial charge on any atom is 0.225 e. The molecule has 0 fully saturated rings. The quantitative estimate of drug-likeness (QED) is 0.531. The number of allylic oxidation sites excluding steroid dienone is 2. The van der Waals surface area contributed by atoms with Crippen LogP contribution in [0, 0.1) is 0 Å². The number of carbonyl (C=O) groups is 2. The maximum atomic E-state index is 13.4. The van der Waals surface area contributed by atoms with Crippen molar-refractivity contribution in [1.82, 2.24) is 5.32 Å². The second-order valence-electron chi connectivity index (χ2n) is 9.20. The van der Waals surface area contributed by atoms with Gasteiger partial charge in [-0.15, -0.1) is 0 Å². The first kappa shape index (κ1) is 23.1. The maximum absolute atomic E-state index is 13.4. The summed E-state index contributed by atoms with van der Waals surface area (Å²) in [7, 11) is 0. The summed E-state index contributed by atoms with van der Waals surface area (Å²) in [6, 6.07) is 15.8. The summed E-state index contributed by atoms with van der Waals surface area (Å²) in [5, 5.41) is 3.01. The van der Waals surface area contributed by atoms with Gasteiger partial charge in [-0.1, -0.05) is 43.7 Å². The third kappa shape index (κ3) is 5.29. The predicted octanol–water partition coefficient (Wildman–Crippen LogP) is 5.66. The largest absolute Gasteiger partial charge is 0.493 e. The molecule has 0 spiro atoms. The molecule has 1 heterocycles. The molecule has 2 atom stereocenters. The van der Waals surface area contributed by atoms with E-state index in [1.165, 1.54) is 0 Å². The third-order valence-electron chi connectivity index (χ3n) is 6.31. The van der Waals surface area contributed by atoms with Gasteiger partial charge in [0, 0.05) is 35.6 Å². The standard InChI is InChI=1S/C28H33NO4/c1-4-5-14-32-26-9-7-6-8-22(26)23-17-27(31)29-24-15-20(16-25(30)28(23)24)19-10-12-21(13-11-19)33-18(2)3/h6-13,18,20,23H,4-5,14-17H2,1-3H3,(H,29,31). The van der Waals surface area contributed by atoms with Gasteiger partial charge >= 0.3 is 0 Å². The highest BCUT2D eigenvalue weighted by molar-refractivity contribution is 6.02. The molecule has 5 heteroatoms. The van der Waals surface area contributed by atoms with Crippen LogP contribution in [-0.2, 0) is 9.59 Å². The highest BCUT2D eigenvalue weighted by Crippen LogP contribution is 2.44. The smallest absolute Gasteiger partial charge is 0.225 e. The number of carbonyl (C=O) groups excluding carboxylic acids is 2. The van der Waals surface area contributed by atoms with Crippen LogP contribution in [0.3, 0.4) is 0 Å². The second-order valence-corrected chi connectivity index (χ2v) is 9.20. The number of hydrogen-bond donors (Lipinski definition) is 1. The van der Waals surface area contributed by atoms with Crippen molar-refractivity contribution in [2.24, 2.45) is 0 Å². The van der Waals surface area contributed by atoms with Crippen LogP contribution in [0.1, 0.15) is 75.8 Å². The number of benzene rings is 2. The minimum absolute atomic E-state index is 0.0412. The Labute approximate surface area is 196 Å². The molecule has 0 aromatic heterocycles. The Morgan fingerprint density at radius 3 is 2.48 bits per heavy atom. The molecule has 4 rings (SSSR count). The van der Waals surface area contributed by atoms with Crippen molar-refractivity contribution in [1.29, 1.82) is 0 Å². The van der Waals surface area contributed by atoms with Crippen molar-refractivity contribution in [3.8, 4) is 11.5 Å². The fourth-order valence-corrected chi connectivity index (χ4v) is 4.78. The van der Waals surface area contributed by atoms with Gasteiger partial charge in [0.15, 0.2) is 5.78 Å². The number of unbranched alkanes of at least 4 members (excludes halogenated alkanes) is 1. The number of para-hydroxylation sites is 1. The first-order valence-corrected chi connectivity index (χ1v) is 12.0. The number of Topliss-reactive ketones (excluding diaryl/α,β-unsaturated/α-hetero) is 1. The number of amides is 1. The summed E-state index contributed by atoms with van der Waals surface area (Å²) in [6.45, 7) is 6.75. The monoisotopic (exact) mass is 447 g/mol. The van der Waals surface area contributed by atoms with Crippen LogP contribution in [-0.4, -0.2) is 24.4 Å². The zero-order valence-electron chi connectivity index (χ0n) is 19.7. The van der Waals surface area contributed by atoms with E-state index < -0.39 is 0 Å². The van der Waals surface area contributed by atoms with Crippen LogP contribution in [0.15, 0.2) is 59.8 Å². The molecule has 0 bridgehead atoms. The molecule has 0 saturated heterocycles. The molecule has 33 heavy (non-hydrogen) atoms. The predicted molar refractivity (Wildman–Crippen MR) is 129 cm³/mol. The molecule has 174 valence electrons. The van der Waals surface area contributed by atoms with Crippen molar-refractivity contribution in [3.05, 3.63) is 70.9 Å². The lowest BCUT2D eigenvalue weighted by atomic mass is 9.73. The van der Waals surface area contributed by atoms with E-state index in [-0.39, 0.29) is 36.1 Å². The van der Waals surface area contributed by atoms with Gasteiger partial charge < -0.3 is 14.8 Å². The van der Waals surface area contributed by atoms with E-state index in [1.807, 2.05) is 62.4 Å². The van der Waals surface area contributed by atoms with Gasteiger partial charge in [0.2, 0.25) is 5.91 Å². The number of rotatable bonds is 8. The summed E-state index contributed by atoms with van der Waals surface area (Å²) < 4.78 is 11.8. The van der Waals surface area contributed by atoms with E-state index in [2.05, 4.69) is 12.2 Å². The van der Waals surface area contributed by atoms with Crippen molar-refractivity contribution in [3.63, 3.8) is 0 Å². The molecule has 2 aromatic carbocycles. The Morgan fingerprint density at radius 1 is 1.00 bits per heavy atom. The molecule has 1 aliphatic heterocycles. The lowest BCUT2D eigenvalue weighted by Gasteiger charge is -2.35. The van der Waals surface area contributed by atoms with Gasteiger partial charge in [-0.2, -0.15) is 0 Å². The van der Waals surface area contributed by atoms with Gasteiger partial charge in [0.05, 0.1) is 12.7 Å². The Hall–Kier alpha value is -3.08. The Balaban J connectivity index is 1.61. The average molecular weight is 448 g/mol. The van der Waals surface area contributed by atoms with E-state index in [4.69, 9.17) is 9.47 Å². The lowest BCUT2D eigenvalue weighted by molar-refractivity contribution is -0.122. The summed E-state index contributed by atoms with van der Waals surface area (Å²) in [5.74, 6) is 1.43. The van der Waals surface area contributed by atoms with Crippen LogP contribution >= 0.6 is 0 Å². The van der Waals surface area contributed by atoms with Crippen molar-refractivity contribution >= 4 is 11.7 Å². The third-order valence-corrected chi connectivity index (χ3v) is 6.31. The van der Waals surface area contributed by atoms with Gasteiger partial charge in [0.25, 0.3) is 0 Å². The first-order chi connectivity index (χ1) is 16.0. The number of nitrogens with one attached hydrogen (secondary N) is 1. The van der Waals surface area contributed by atoms with Crippen molar-refractivity contribution in [2.45, 2.75) is 70.8 Å². The lowest BCUT2D eigenvalue weighted by Crippen LogP contribution is -2.38. The van der Waals surface area contributed by atoms with E-state index in [0.717, 1.165) is 46.7 Å². The van der Waals surface area contributed by atoms with Gasteiger partial charge in [-0.3, -0.25) is 9.59 Å². The highest BCUT2D eigenvalue weighted by Gasteiger charge is 2.39. The van der Waals surface area contributed by atoms with Crippen LogP contribution < -0.4 is 14.8 Å². The molecule has 0 saturated carbocycles. The summed E-state index contributed by atoms with van der Waals surface area (Å²) >= 11 is 0. The Kier molecular flexibility index (Phi) is 7.17.